The number of nitrogen functional groups attached to an aromatic ring is 1. The van der Waals surface area contributed by atoms with Crippen LogP contribution in [0.5, 0.6) is 0 Å². The summed E-state index contributed by atoms with van der Waals surface area (Å²) >= 11 is 0. The van der Waals surface area contributed by atoms with Gasteiger partial charge >= 0.3 is 18.3 Å². The van der Waals surface area contributed by atoms with E-state index in [1.807, 2.05) is 14.1 Å². The summed E-state index contributed by atoms with van der Waals surface area (Å²) in [5, 5.41) is 13.3. The van der Waals surface area contributed by atoms with E-state index in [0.717, 1.165) is 44.1 Å². The molecular formula is C42H43ClF6N6O2. The highest BCUT2D eigenvalue weighted by molar-refractivity contribution is 6.04. The van der Waals surface area contributed by atoms with Crippen LogP contribution in [0.3, 0.4) is 0 Å². The number of carbonyl (C=O) groups excluding carboxylic acids is 1. The number of nitrogens with one attached hydrogen (secondary N) is 1. The van der Waals surface area contributed by atoms with Gasteiger partial charge in [-0.2, -0.15) is 26.3 Å². The van der Waals surface area contributed by atoms with Gasteiger partial charge in [-0.05, 0) is 137 Å². The molecule has 2 saturated heterocycles. The number of likely N-dealkylation sites (tertiary alicyclic amines) is 2. The minimum Gasteiger partial charge on any atom is -0.465 e. The van der Waals surface area contributed by atoms with Crippen molar-refractivity contribution in [2.75, 3.05) is 58.4 Å². The van der Waals surface area contributed by atoms with E-state index >= 15 is 0 Å². The van der Waals surface area contributed by atoms with Crippen LogP contribution in [0, 0.1) is 0 Å². The maximum atomic E-state index is 14.2. The van der Waals surface area contributed by atoms with Gasteiger partial charge in [0.1, 0.15) is 5.69 Å². The average Bonchev–Trinajstić information content (AvgIpc) is 3.17. The summed E-state index contributed by atoms with van der Waals surface area (Å²) in [6.45, 7) is 2.92. The number of alkyl halides is 6. The van der Waals surface area contributed by atoms with E-state index in [1.54, 1.807) is 42.5 Å². The van der Waals surface area contributed by atoms with Gasteiger partial charge in [-0.1, -0.05) is 30.3 Å². The first-order valence-electron chi connectivity index (χ1n) is 18.5. The van der Waals surface area contributed by atoms with Crippen LogP contribution in [-0.4, -0.2) is 73.4 Å². The zero-order chi connectivity index (χ0) is 39.9. The van der Waals surface area contributed by atoms with Crippen molar-refractivity contribution < 1.29 is 35.9 Å². The topological polar surface area (TPSA) is 96.6 Å². The molecule has 0 spiro atoms. The lowest BCUT2D eigenvalue weighted by Crippen LogP contribution is -2.29. The number of esters is 1. The molecule has 8 nitrogen and oxygen atoms in total. The Morgan fingerprint density at radius 1 is 0.772 bits per heavy atom. The Balaban J connectivity index is 0.00000549. The molecule has 5 aromatic rings. The first-order chi connectivity index (χ1) is 26.6. The van der Waals surface area contributed by atoms with Gasteiger partial charge in [0, 0.05) is 33.3 Å². The molecule has 4 aromatic carbocycles. The number of ether oxygens (including phenoxy) is 1. The highest BCUT2D eigenvalue weighted by atomic mass is 35.5. The standard InChI is InChI=1S/C42H42F6N6O2.ClH/c1-53-14-10-24(11-15-53)27-18-28(41(43,44)45)21-30(19-27)50-39-32-7-5-4-6-31(32)38(51-52-39)26-8-9-33(40(55)56-3)35(20-26)37-34(25-12-16-54(2)17-13-25)22-29(23-36(37)49)42(46,47)48;/h4-9,18-25H,10-17,49H2,1-3H3,(H,50,52);1H. The van der Waals surface area contributed by atoms with Crippen molar-refractivity contribution >= 4 is 46.3 Å². The van der Waals surface area contributed by atoms with Crippen LogP contribution in [0.1, 0.15) is 70.1 Å². The zero-order valence-electron chi connectivity index (χ0n) is 31.6. The number of nitrogens with two attached hydrogens (primary N) is 1. The van der Waals surface area contributed by atoms with Crippen LogP contribution in [0.25, 0.3) is 33.2 Å². The van der Waals surface area contributed by atoms with Gasteiger partial charge in [0.15, 0.2) is 5.82 Å². The lowest BCUT2D eigenvalue weighted by atomic mass is 9.81. The molecule has 0 aliphatic carbocycles. The Labute approximate surface area is 332 Å². The smallest absolute Gasteiger partial charge is 0.416 e. The van der Waals surface area contributed by atoms with Gasteiger partial charge < -0.3 is 25.6 Å². The van der Waals surface area contributed by atoms with Gasteiger partial charge in [0.2, 0.25) is 0 Å². The van der Waals surface area contributed by atoms with Gasteiger partial charge in [-0.25, -0.2) is 4.79 Å². The molecule has 0 bridgehead atoms. The van der Waals surface area contributed by atoms with E-state index in [-0.39, 0.29) is 52.6 Å². The van der Waals surface area contributed by atoms with Gasteiger partial charge in [0.25, 0.3) is 0 Å². The monoisotopic (exact) mass is 812 g/mol. The predicted molar refractivity (Wildman–Crippen MR) is 212 cm³/mol. The fourth-order valence-electron chi connectivity index (χ4n) is 8.00. The van der Waals surface area contributed by atoms with Crippen LogP contribution < -0.4 is 11.1 Å². The lowest BCUT2D eigenvalue weighted by molar-refractivity contribution is -0.138. The average molecular weight is 813 g/mol. The van der Waals surface area contributed by atoms with Crippen molar-refractivity contribution in [2.45, 2.75) is 49.9 Å². The molecule has 1 aromatic heterocycles. The Morgan fingerprint density at radius 2 is 1.37 bits per heavy atom. The summed E-state index contributed by atoms with van der Waals surface area (Å²) in [6, 6.07) is 18.0. The van der Waals surface area contributed by atoms with E-state index in [4.69, 9.17) is 10.5 Å². The lowest BCUT2D eigenvalue weighted by Gasteiger charge is -2.31. The normalized spacial score (nSPS) is 16.4. The molecule has 15 heteroatoms. The fourth-order valence-corrected chi connectivity index (χ4v) is 8.00. The zero-order valence-corrected chi connectivity index (χ0v) is 32.4. The van der Waals surface area contributed by atoms with Crippen molar-refractivity contribution in [1.29, 1.82) is 0 Å². The van der Waals surface area contributed by atoms with E-state index < -0.39 is 29.4 Å². The molecule has 2 aliphatic heterocycles. The van der Waals surface area contributed by atoms with E-state index in [1.165, 1.54) is 19.2 Å². The molecular weight excluding hydrogens is 770 g/mol. The SMILES string of the molecule is COC(=O)c1ccc(-c2nnc(Nc3cc(C4CCN(C)CC4)cc(C(F)(F)F)c3)c3ccccc23)cc1-c1c(N)cc(C(F)(F)F)cc1C1CCN(C)CC1.Cl. The number of piperidine rings is 2. The van der Waals surface area contributed by atoms with Crippen molar-refractivity contribution in [2.24, 2.45) is 0 Å². The summed E-state index contributed by atoms with van der Waals surface area (Å²) in [7, 11) is 5.17. The van der Waals surface area contributed by atoms with Crippen LogP contribution in [0.15, 0.2) is 72.8 Å². The first-order valence-corrected chi connectivity index (χ1v) is 18.5. The Hall–Kier alpha value is -4.92. The minimum absolute atomic E-state index is 0. The Bertz CT molecular complexity index is 2270. The highest BCUT2D eigenvalue weighted by Gasteiger charge is 2.35. The molecule has 0 saturated carbocycles. The number of rotatable bonds is 7. The predicted octanol–water partition coefficient (Wildman–Crippen LogP) is 10.2. The summed E-state index contributed by atoms with van der Waals surface area (Å²) in [5.41, 5.74) is 7.53. The molecule has 0 atom stereocenters. The summed E-state index contributed by atoms with van der Waals surface area (Å²) in [4.78, 5) is 17.5. The largest absolute Gasteiger partial charge is 0.465 e. The maximum Gasteiger partial charge on any atom is 0.416 e. The summed E-state index contributed by atoms with van der Waals surface area (Å²) in [5.74, 6) is -0.751. The molecule has 2 aliphatic rings. The number of aromatic nitrogens is 2. The number of fused-ring (bicyclic) bond motifs is 1. The molecule has 0 radical (unpaired) electrons. The second-order valence-electron chi connectivity index (χ2n) is 14.8. The second kappa shape index (κ2) is 16.5. The number of benzene rings is 4. The third kappa shape index (κ3) is 8.82. The third-order valence-electron chi connectivity index (χ3n) is 11.1. The second-order valence-corrected chi connectivity index (χ2v) is 14.8. The number of hydrogen-bond donors (Lipinski definition) is 2. The van der Waals surface area contributed by atoms with E-state index in [0.29, 0.717) is 64.7 Å². The number of methoxy groups -OCH3 is 1. The van der Waals surface area contributed by atoms with Crippen LogP contribution in [-0.2, 0) is 17.1 Å². The van der Waals surface area contributed by atoms with Crippen LogP contribution in [0.2, 0.25) is 0 Å². The van der Waals surface area contributed by atoms with Crippen molar-refractivity contribution in [3.8, 4) is 22.4 Å². The Kier molecular flexibility index (Phi) is 12.1. The molecule has 7 rings (SSSR count). The quantitative estimate of drug-likeness (QED) is 0.0953. The number of hydrogen-bond acceptors (Lipinski definition) is 8. The van der Waals surface area contributed by atoms with Crippen molar-refractivity contribution in [3.63, 3.8) is 0 Å². The number of halogens is 7. The summed E-state index contributed by atoms with van der Waals surface area (Å²) in [6.07, 6.45) is -6.55. The molecule has 302 valence electrons. The third-order valence-corrected chi connectivity index (χ3v) is 11.1. The van der Waals surface area contributed by atoms with Gasteiger partial charge in [-0.3, -0.25) is 0 Å². The van der Waals surface area contributed by atoms with E-state index in [9.17, 15) is 31.1 Å². The number of nitrogens with zero attached hydrogens (tertiary/aromatic N) is 4. The number of carbonyl (C=O) groups is 1. The van der Waals surface area contributed by atoms with Crippen molar-refractivity contribution in [3.05, 3.63) is 101 Å². The first kappa shape index (κ1) is 41.7. The summed E-state index contributed by atoms with van der Waals surface area (Å²) < 4.78 is 90.1. The minimum atomic E-state index is -4.65. The molecule has 0 amide bonds. The molecule has 3 N–H and O–H groups in total. The fraction of sp³-hybridized carbons (Fsp3) is 0.357. The Morgan fingerprint density at radius 3 is 1.98 bits per heavy atom. The molecule has 0 unspecified atom stereocenters. The number of anilines is 3. The van der Waals surface area contributed by atoms with Crippen molar-refractivity contribution in [1.82, 2.24) is 20.0 Å². The van der Waals surface area contributed by atoms with Crippen LogP contribution in [0.4, 0.5) is 43.5 Å². The van der Waals surface area contributed by atoms with E-state index in [2.05, 4.69) is 25.3 Å². The van der Waals surface area contributed by atoms with Gasteiger partial charge in [0.05, 0.1) is 23.8 Å². The van der Waals surface area contributed by atoms with Crippen LogP contribution >= 0.6 is 12.4 Å². The highest BCUT2D eigenvalue weighted by Crippen LogP contribution is 2.45. The van der Waals surface area contributed by atoms with Gasteiger partial charge in [-0.15, -0.1) is 22.6 Å². The molecule has 2 fully saturated rings. The maximum absolute atomic E-state index is 14.2. The molecule has 57 heavy (non-hydrogen) atoms. The molecule has 3 heterocycles.